The molecule has 0 N–H and O–H groups in total. The summed E-state index contributed by atoms with van der Waals surface area (Å²) in [5, 5.41) is 0.130. The van der Waals surface area contributed by atoms with Crippen LogP contribution < -0.4 is 9.47 Å². The molecule has 168 valence electrons. The van der Waals surface area contributed by atoms with Crippen molar-refractivity contribution in [3.05, 3.63) is 63.5 Å². The van der Waals surface area contributed by atoms with E-state index in [2.05, 4.69) is 4.74 Å². The lowest BCUT2D eigenvalue weighted by molar-refractivity contribution is -0.148. The van der Waals surface area contributed by atoms with Crippen LogP contribution in [0.4, 0.5) is 4.79 Å². The van der Waals surface area contributed by atoms with Gasteiger partial charge in [-0.15, -0.1) is 0 Å². The molecular formula is C23H22ClNO6S. The minimum Gasteiger partial charge on any atom is -0.490 e. The normalized spacial score (nSPS) is 15.8. The summed E-state index contributed by atoms with van der Waals surface area (Å²) in [7, 11) is 1.21. The fourth-order valence-corrected chi connectivity index (χ4v) is 4.02. The van der Waals surface area contributed by atoms with E-state index in [1.165, 1.54) is 14.0 Å². The topological polar surface area (TPSA) is 82.1 Å². The van der Waals surface area contributed by atoms with Crippen LogP contribution in [0.2, 0.25) is 5.02 Å². The van der Waals surface area contributed by atoms with E-state index in [1.807, 2.05) is 19.1 Å². The van der Waals surface area contributed by atoms with Gasteiger partial charge in [-0.1, -0.05) is 29.8 Å². The Morgan fingerprint density at radius 3 is 2.50 bits per heavy atom. The van der Waals surface area contributed by atoms with Gasteiger partial charge in [-0.3, -0.25) is 14.5 Å². The van der Waals surface area contributed by atoms with E-state index in [-0.39, 0.29) is 4.91 Å². The monoisotopic (exact) mass is 475 g/mol. The summed E-state index contributed by atoms with van der Waals surface area (Å²) >= 11 is 6.68. The molecule has 0 aromatic heterocycles. The Bertz CT molecular complexity index is 1050. The van der Waals surface area contributed by atoms with Crippen LogP contribution in [0.15, 0.2) is 47.4 Å². The molecule has 2 aromatic rings. The average Bonchev–Trinajstić information content (AvgIpc) is 3.06. The van der Waals surface area contributed by atoms with Crippen molar-refractivity contribution in [3.8, 4) is 11.5 Å². The van der Waals surface area contributed by atoms with Crippen LogP contribution in [-0.4, -0.2) is 41.8 Å². The summed E-state index contributed by atoms with van der Waals surface area (Å²) in [4.78, 5) is 37.8. The van der Waals surface area contributed by atoms with Crippen molar-refractivity contribution >= 4 is 46.6 Å². The Morgan fingerprint density at radius 1 is 1.12 bits per heavy atom. The summed E-state index contributed by atoms with van der Waals surface area (Å²) in [6, 6.07) is 11.6. The van der Waals surface area contributed by atoms with Gasteiger partial charge in [-0.05, 0) is 67.1 Å². The van der Waals surface area contributed by atoms with Crippen molar-refractivity contribution in [1.29, 1.82) is 0 Å². The molecule has 1 saturated heterocycles. The smallest absolute Gasteiger partial charge is 0.328 e. The number of esters is 1. The van der Waals surface area contributed by atoms with Crippen LogP contribution >= 0.6 is 23.4 Å². The lowest BCUT2D eigenvalue weighted by Crippen LogP contribution is -2.42. The molecule has 0 unspecified atom stereocenters. The van der Waals surface area contributed by atoms with Crippen molar-refractivity contribution in [2.24, 2.45) is 0 Å². The highest BCUT2D eigenvalue weighted by Crippen LogP contribution is 2.36. The molecule has 0 radical (unpaired) electrons. The van der Waals surface area contributed by atoms with E-state index in [1.54, 1.807) is 36.4 Å². The molecule has 0 spiro atoms. The Labute approximate surface area is 195 Å². The zero-order valence-corrected chi connectivity index (χ0v) is 19.4. The molecule has 0 bridgehead atoms. The van der Waals surface area contributed by atoms with Crippen LogP contribution in [0.25, 0.3) is 6.08 Å². The maximum absolute atomic E-state index is 12.7. The molecule has 1 heterocycles. The zero-order valence-electron chi connectivity index (χ0n) is 17.8. The van der Waals surface area contributed by atoms with Gasteiger partial charge >= 0.3 is 5.97 Å². The number of rotatable bonds is 8. The number of carbonyl (C=O) groups is 3. The van der Waals surface area contributed by atoms with E-state index in [4.69, 9.17) is 21.1 Å². The largest absolute Gasteiger partial charge is 0.490 e. The fourth-order valence-electron chi connectivity index (χ4n) is 2.98. The van der Waals surface area contributed by atoms with Gasteiger partial charge in [-0.2, -0.15) is 0 Å². The number of imide groups is 1. The highest BCUT2D eigenvalue weighted by atomic mass is 35.5. The second-order valence-electron chi connectivity index (χ2n) is 6.81. The molecular weight excluding hydrogens is 454 g/mol. The Hall–Kier alpha value is -2.97. The van der Waals surface area contributed by atoms with E-state index < -0.39 is 23.2 Å². The molecule has 1 fully saturated rings. The molecule has 2 aromatic carbocycles. The minimum atomic E-state index is -0.999. The number of ether oxygens (including phenoxy) is 3. The molecule has 1 aliphatic heterocycles. The zero-order chi connectivity index (χ0) is 23.3. The van der Waals surface area contributed by atoms with Crippen molar-refractivity contribution < 1.29 is 28.6 Å². The van der Waals surface area contributed by atoms with Gasteiger partial charge in [0, 0.05) is 5.02 Å². The average molecular weight is 476 g/mol. The Morgan fingerprint density at radius 2 is 1.84 bits per heavy atom. The summed E-state index contributed by atoms with van der Waals surface area (Å²) in [6.45, 7) is 4.06. The number of amides is 2. The molecule has 1 aliphatic rings. The number of hydrogen-bond acceptors (Lipinski definition) is 7. The van der Waals surface area contributed by atoms with Crippen LogP contribution in [0.3, 0.4) is 0 Å². The number of methoxy groups -OCH3 is 1. The fraction of sp³-hybridized carbons (Fsp3) is 0.261. The van der Waals surface area contributed by atoms with Crippen LogP contribution in [0.1, 0.15) is 25.0 Å². The van der Waals surface area contributed by atoms with Gasteiger partial charge in [0.05, 0.1) is 18.6 Å². The van der Waals surface area contributed by atoms with Gasteiger partial charge in [0.2, 0.25) is 0 Å². The van der Waals surface area contributed by atoms with Crippen molar-refractivity contribution in [3.63, 3.8) is 0 Å². The number of benzene rings is 2. The molecule has 3 rings (SSSR count). The first-order valence-corrected chi connectivity index (χ1v) is 11.0. The summed E-state index contributed by atoms with van der Waals surface area (Å²) in [5.74, 6) is -0.142. The second kappa shape index (κ2) is 10.6. The SMILES string of the molecule is CCOc1cc(/C=C2/SC(=O)N([C@@H](C)C(=O)OC)C2=O)ccc1OCc1ccc(Cl)cc1. The van der Waals surface area contributed by atoms with Crippen LogP contribution in [0, 0.1) is 0 Å². The van der Waals surface area contributed by atoms with E-state index >= 15 is 0 Å². The van der Waals surface area contributed by atoms with Gasteiger partial charge in [0.25, 0.3) is 11.1 Å². The number of hydrogen-bond donors (Lipinski definition) is 0. The van der Waals surface area contributed by atoms with Gasteiger partial charge in [0.15, 0.2) is 11.5 Å². The minimum absolute atomic E-state index is 0.211. The van der Waals surface area contributed by atoms with Crippen LogP contribution in [-0.2, 0) is 20.9 Å². The van der Waals surface area contributed by atoms with Gasteiger partial charge in [0.1, 0.15) is 12.6 Å². The third kappa shape index (κ3) is 5.44. The van der Waals surface area contributed by atoms with E-state index in [0.717, 1.165) is 22.2 Å². The molecule has 32 heavy (non-hydrogen) atoms. The molecule has 9 heteroatoms. The predicted octanol–water partition coefficient (Wildman–Crippen LogP) is 4.92. The lowest BCUT2D eigenvalue weighted by atomic mass is 10.1. The summed E-state index contributed by atoms with van der Waals surface area (Å²) in [6.07, 6.45) is 1.58. The lowest BCUT2D eigenvalue weighted by Gasteiger charge is -2.18. The number of nitrogens with zero attached hydrogens (tertiary/aromatic N) is 1. The van der Waals surface area contributed by atoms with E-state index in [0.29, 0.717) is 35.3 Å². The van der Waals surface area contributed by atoms with Gasteiger partial charge in [-0.25, -0.2) is 4.79 Å². The molecule has 2 amide bonds. The summed E-state index contributed by atoms with van der Waals surface area (Å²) in [5.41, 5.74) is 1.61. The molecule has 1 atom stereocenters. The highest BCUT2D eigenvalue weighted by Gasteiger charge is 2.41. The number of thioether (sulfide) groups is 1. The first-order valence-electron chi connectivity index (χ1n) is 9.83. The first kappa shape index (κ1) is 23.7. The first-order chi connectivity index (χ1) is 15.3. The van der Waals surface area contributed by atoms with Gasteiger partial charge < -0.3 is 14.2 Å². The number of carbonyl (C=O) groups excluding carboxylic acids is 3. The summed E-state index contributed by atoms with van der Waals surface area (Å²) < 4.78 is 16.2. The standard InChI is InChI=1S/C23H22ClNO6S/c1-4-30-19-11-16(7-10-18(19)31-13-15-5-8-17(24)9-6-15)12-20-21(26)25(23(28)32-20)14(2)22(27)29-3/h5-12,14H,4,13H2,1-3H3/b20-12+/t14-/m0/s1. The van der Waals surface area contributed by atoms with Crippen molar-refractivity contribution in [1.82, 2.24) is 4.90 Å². The maximum atomic E-state index is 12.7. The third-order valence-electron chi connectivity index (χ3n) is 4.63. The van der Waals surface area contributed by atoms with Crippen LogP contribution in [0.5, 0.6) is 11.5 Å². The molecule has 7 nitrogen and oxygen atoms in total. The Kier molecular flexibility index (Phi) is 7.82. The molecule has 0 saturated carbocycles. The predicted molar refractivity (Wildman–Crippen MR) is 123 cm³/mol. The van der Waals surface area contributed by atoms with E-state index in [9.17, 15) is 14.4 Å². The third-order valence-corrected chi connectivity index (χ3v) is 5.76. The van der Waals surface area contributed by atoms with Crippen molar-refractivity contribution in [2.75, 3.05) is 13.7 Å². The second-order valence-corrected chi connectivity index (χ2v) is 8.23. The maximum Gasteiger partial charge on any atom is 0.328 e. The number of halogens is 1. The highest BCUT2D eigenvalue weighted by molar-refractivity contribution is 8.18. The Balaban J connectivity index is 1.79. The van der Waals surface area contributed by atoms with Crippen molar-refractivity contribution in [2.45, 2.75) is 26.5 Å². The quantitative estimate of drug-likeness (QED) is 0.396. The molecule has 0 aliphatic carbocycles.